The number of nitrogens with zero attached hydrogens (tertiary/aromatic N) is 2. The van der Waals surface area contributed by atoms with Crippen LogP contribution in [0.3, 0.4) is 0 Å². The third-order valence-corrected chi connectivity index (χ3v) is 4.88. The summed E-state index contributed by atoms with van der Waals surface area (Å²) in [4.78, 5) is 38.5. The van der Waals surface area contributed by atoms with Crippen molar-refractivity contribution in [3.8, 4) is 11.5 Å². The molecule has 1 aromatic heterocycles. The molecule has 0 amide bonds. The summed E-state index contributed by atoms with van der Waals surface area (Å²) in [5.74, 6) is -0.474. The molecule has 30 heavy (non-hydrogen) atoms. The molecule has 3 aromatic rings. The first-order chi connectivity index (χ1) is 14.3. The Morgan fingerprint density at radius 1 is 1.33 bits per heavy atom. The molecule has 0 bridgehead atoms. The molecule has 0 unspecified atom stereocenters. The van der Waals surface area contributed by atoms with E-state index in [1.54, 1.807) is 43.3 Å². The minimum Gasteiger partial charge on any atom is -0.490 e. The van der Waals surface area contributed by atoms with E-state index in [1.807, 2.05) is 22.6 Å². The summed E-state index contributed by atoms with van der Waals surface area (Å²) in [6.07, 6.45) is 0.285. The maximum absolute atomic E-state index is 12.6. The van der Waals surface area contributed by atoms with Crippen molar-refractivity contribution in [3.63, 3.8) is 0 Å². The molecule has 9 nitrogen and oxygen atoms in total. The lowest BCUT2D eigenvalue weighted by molar-refractivity contribution is -0.144. The summed E-state index contributed by atoms with van der Waals surface area (Å²) in [5, 5.41) is 13.5. The first-order valence-electron chi connectivity index (χ1n) is 8.96. The van der Waals surface area contributed by atoms with Gasteiger partial charge in [-0.25, -0.2) is 9.59 Å². The second-order valence-corrected chi connectivity index (χ2v) is 7.36. The Hall–Kier alpha value is -3.15. The van der Waals surface area contributed by atoms with Gasteiger partial charge in [-0.3, -0.25) is 4.79 Å². The van der Waals surface area contributed by atoms with Crippen LogP contribution in [0.1, 0.15) is 19.4 Å². The van der Waals surface area contributed by atoms with Crippen LogP contribution in [0.2, 0.25) is 0 Å². The van der Waals surface area contributed by atoms with Crippen molar-refractivity contribution in [1.82, 2.24) is 9.66 Å². The van der Waals surface area contributed by atoms with Gasteiger partial charge in [0.1, 0.15) is 0 Å². The maximum Gasteiger partial charge on any atom is 0.349 e. The predicted octanol–water partition coefficient (Wildman–Crippen LogP) is 2.43. The van der Waals surface area contributed by atoms with E-state index in [0.29, 0.717) is 38.1 Å². The van der Waals surface area contributed by atoms with Crippen LogP contribution in [0.25, 0.3) is 10.9 Å². The molecule has 1 atom stereocenters. The number of aromatic amines is 1. The Labute approximate surface area is 184 Å². The van der Waals surface area contributed by atoms with E-state index in [-0.39, 0.29) is 0 Å². The molecule has 1 heterocycles. The van der Waals surface area contributed by atoms with E-state index in [2.05, 4.69) is 10.1 Å². The highest BCUT2D eigenvalue weighted by atomic mass is 127. The van der Waals surface area contributed by atoms with Crippen molar-refractivity contribution in [2.75, 3.05) is 6.61 Å². The second kappa shape index (κ2) is 9.11. The molecule has 0 saturated carbocycles. The van der Waals surface area contributed by atoms with Gasteiger partial charge >= 0.3 is 11.7 Å². The number of benzene rings is 2. The zero-order chi connectivity index (χ0) is 21.8. The van der Waals surface area contributed by atoms with Gasteiger partial charge in [-0.1, -0.05) is 12.1 Å². The monoisotopic (exact) mass is 523 g/mol. The lowest BCUT2D eigenvalue weighted by Gasteiger charge is -2.16. The minimum absolute atomic E-state index is 0.296. The van der Waals surface area contributed by atoms with Crippen LogP contribution in [-0.4, -0.2) is 39.7 Å². The fraction of sp³-hybridized carbons (Fsp3) is 0.200. The molecular weight excluding hydrogens is 505 g/mol. The number of nitrogens with one attached hydrogen (secondary N) is 1. The summed E-state index contributed by atoms with van der Waals surface area (Å²) >= 11 is 1.99. The lowest BCUT2D eigenvalue weighted by atomic mass is 10.2. The number of aliphatic carboxylic acids is 1. The summed E-state index contributed by atoms with van der Waals surface area (Å²) in [7, 11) is 0. The van der Waals surface area contributed by atoms with E-state index in [1.165, 1.54) is 13.1 Å². The first-order valence-corrected chi connectivity index (χ1v) is 10.0. The van der Waals surface area contributed by atoms with Gasteiger partial charge in [-0.2, -0.15) is 5.10 Å². The molecule has 0 aliphatic rings. The number of carbonyl (C=O) groups is 1. The summed E-state index contributed by atoms with van der Waals surface area (Å²) in [6.45, 7) is 3.53. The van der Waals surface area contributed by atoms with E-state index in [0.717, 1.165) is 4.68 Å². The Morgan fingerprint density at radius 2 is 2.07 bits per heavy atom. The molecular formula is C20H18IN3O6. The van der Waals surface area contributed by atoms with Crippen molar-refractivity contribution < 1.29 is 19.4 Å². The van der Waals surface area contributed by atoms with Crippen LogP contribution in [0.4, 0.5) is 0 Å². The lowest BCUT2D eigenvalue weighted by Crippen LogP contribution is -2.32. The number of halogens is 1. The number of carboxylic acids is 1. The minimum atomic E-state index is -1.10. The maximum atomic E-state index is 12.6. The van der Waals surface area contributed by atoms with Gasteiger partial charge in [0, 0.05) is 0 Å². The average molecular weight is 523 g/mol. The number of H-pyrrole nitrogens is 1. The zero-order valence-corrected chi connectivity index (χ0v) is 18.2. The molecule has 3 rings (SSSR count). The number of para-hydroxylation sites is 1. The first kappa shape index (κ1) is 21.6. The molecule has 2 aromatic carbocycles. The number of rotatable bonds is 7. The van der Waals surface area contributed by atoms with E-state index in [4.69, 9.17) is 14.6 Å². The smallest absolute Gasteiger partial charge is 0.349 e. The van der Waals surface area contributed by atoms with Crippen LogP contribution in [0.15, 0.2) is 51.1 Å². The second-order valence-electron chi connectivity index (χ2n) is 6.20. The molecule has 0 aliphatic carbocycles. The van der Waals surface area contributed by atoms with Crippen LogP contribution in [0.5, 0.6) is 11.5 Å². The summed E-state index contributed by atoms with van der Waals surface area (Å²) in [5.41, 5.74) is -0.232. The third-order valence-electron chi connectivity index (χ3n) is 4.08. The zero-order valence-electron chi connectivity index (χ0n) is 16.1. The SMILES string of the molecule is CCOc1cc(C=Nn2c(=O)[nH]c3ccccc3c2=O)cc(I)c1O[C@@H](C)C(=O)O. The Bertz CT molecular complexity index is 1250. The van der Waals surface area contributed by atoms with Gasteiger partial charge in [0.05, 0.1) is 27.3 Å². The molecule has 10 heteroatoms. The average Bonchev–Trinajstić information content (AvgIpc) is 2.70. The van der Waals surface area contributed by atoms with Gasteiger partial charge in [-0.15, -0.1) is 4.68 Å². The normalized spacial score (nSPS) is 12.2. The molecule has 156 valence electrons. The quantitative estimate of drug-likeness (QED) is 0.363. The number of hydrogen-bond donors (Lipinski definition) is 2. The molecule has 0 saturated heterocycles. The molecule has 0 fully saturated rings. The van der Waals surface area contributed by atoms with Gasteiger partial charge in [0.15, 0.2) is 17.6 Å². The van der Waals surface area contributed by atoms with Crippen LogP contribution in [0, 0.1) is 3.57 Å². The number of fused-ring (bicyclic) bond motifs is 1. The Morgan fingerprint density at radius 3 is 2.77 bits per heavy atom. The van der Waals surface area contributed by atoms with Crippen LogP contribution < -0.4 is 20.7 Å². The van der Waals surface area contributed by atoms with E-state index < -0.39 is 23.3 Å². The topological polar surface area (TPSA) is 123 Å². The largest absolute Gasteiger partial charge is 0.490 e. The fourth-order valence-electron chi connectivity index (χ4n) is 2.65. The van der Waals surface area contributed by atoms with Crippen LogP contribution >= 0.6 is 22.6 Å². The van der Waals surface area contributed by atoms with Gasteiger partial charge in [-0.05, 0) is 66.3 Å². The van der Waals surface area contributed by atoms with Gasteiger partial charge < -0.3 is 19.6 Å². The highest BCUT2D eigenvalue weighted by Crippen LogP contribution is 2.34. The van der Waals surface area contributed by atoms with Crippen LogP contribution in [-0.2, 0) is 4.79 Å². The fourth-order valence-corrected chi connectivity index (χ4v) is 3.40. The molecule has 0 radical (unpaired) electrons. The number of hydrogen-bond acceptors (Lipinski definition) is 6. The van der Waals surface area contributed by atoms with Crippen molar-refractivity contribution in [2.24, 2.45) is 5.10 Å². The number of carboxylic acid groups (broad SMARTS) is 1. The van der Waals surface area contributed by atoms with E-state index in [9.17, 15) is 14.4 Å². The highest BCUT2D eigenvalue weighted by molar-refractivity contribution is 14.1. The van der Waals surface area contributed by atoms with Gasteiger partial charge in [0.2, 0.25) is 0 Å². The highest BCUT2D eigenvalue weighted by Gasteiger charge is 2.19. The standard InChI is InChI=1S/C20H18IN3O6/c1-3-29-16-9-12(8-14(21)17(16)30-11(2)19(26)27)10-22-24-18(25)13-6-4-5-7-15(13)23-20(24)28/h4-11H,3H2,1-2H3,(H,23,28)(H,26,27)/t11-/m0/s1. The van der Waals surface area contributed by atoms with E-state index >= 15 is 0 Å². The molecule has 0 spiro atoms. The van der Waals surface area contributed by atoms with Crippen molar-refractivity contribution in [2.45, 2.75) is 20.0 Å². The Kier molecular flexibility index (Phi) is 6.55. The molecule has 2 N–H and O–H groups in total. The van der Waals surface area contributed by atoms with Crippen molar-refractivity contribution in [1.29, 1.82) is 0 Å². The summed E-state index contributed by atoms with van der Waals surface area (Å²) in [6, 6.07) is 9.93. The Balaban J connectivity index is 2.02. The third kappa shape index (κ3) is 4.53. The molecule has 0 aliphatic heterocycles. The predicted molar refractivity (Wildman–Crippen MR) is 120 cm³/mol. The van der Waals surface area contributed by atoms with Crippen molar-refractivity contribution >= 4 is 45.7 Å². The number of aromatic nitrogens is 2. The number of ether oxygens (including phenoxy) is 2. The van der Waals surface area contributed by atoms with Gasteiger partial charge in [0.25, 0.3) is 5.56 Å². The summed E-state index contributed by atoms with van der Waals surface area (Å²) < 4.78 is 12.4. The van der Waals surface area contributed by atoms with Crippen molar-refractivity contribution in [3.05, 3.63) is 66.4 Å².